The number of halogens is 1. The van der Waals surface area contributed by atoms with Crippen LogP contribution in [0.4, 0.5) is 4.39 Å². The van der Waals surface area contributed by atoms with Gasteiger partial charge in [-0.3, -0.25) is 9.59 Å². The molecule has 0 heterocycles. The van der Waals surface area contributed by atoms with E-state index in [2.05, 4.69) is 16.6 Å². The number of hydrogen-bond donors (Lipinski definition) is 1. The Balaban J connectivity index is 3.14. The lowest BCUT2D eigenvalue weighted by Crippen LogP contribution is -2.36. The van der Waals surface area contributed by atoms with E-state index in [-0.39, 0.29) is 25.2 Å². The Kier molecular flexibility index (Phi) is 6.37. The van der Waals surface area contributed by atoms with Crippen molar-refractivity contribution in [1.29, 1.82) is 0 Å². The first-order valence-corrected chi connectivity index (χ1v) is 6.38. The van der Waals surface area contributed by atoms with Gasteiger partial charge < -0.3 is 15.4 Å². The Bertz CT molecular complexity index is 590. The fourth-order valence-electron chi connectivity index (χ4n) is 1.67. The minimum absolute atomic E-state index is 0.0988. The molecule has 0 fully saturated rings. The zero-order chi connectivity index (χ0) is 15.8. The number of amides is 1. The lowest BCUT2D eigenvalue weighted by Gasteiger charge is -2.20. The Morgan fingerprint density at radius 2 is 2.14 bits per heavy atom. The summed E-state index contributed by atoms with van der Waals surface area (Å²) >= 11 is 0. The number of rotatable bonds is 4. The average molecular weight is 292 g/mol. The summed E-state index contributed by atoms with van der Waals surface area (Å²) in [6, 6.07) is 3.73. The highest BCUT2D eigenvalue weighted by atomic mass is 19.1. The molecular formula is C15H17FN2O3. The van der Waals surface area contributed by atoms with Gasteiger partial charge in [-0.1, -0.05) is 11.8 Å². The molecule has 0 unspecified atom stereocenters. The third kappa shape index (κ3) is 4.58. The van der Waals surface area contributed by atoms with Gasteiger partial charge in [-0.05, 0) is 25.1 Å². The highest BCUT2D eigenvalue weighted by Gasteiger charge is 2.20. The Morgan fingerprint density at radius 3 is 2.71 bits per heavy atom. The average Bonchev–Trinajstić information content (AvgIpc) is 2.50. The molecule has 0 bridgehead atoms. The van der Waals surface area contributed by atoms with Crippen LogP contribution in [0, 0.1) is 17.7 Å². The maximum Gasteiger partial charge on any atom is 0.325 e. The summed E-state index contributed by atoms with van der Waals surface area (Å²) in [7, 11) is 1.24. The van der Waals surface area contributed by atoms with Crippen LogP contribution in [0.2, 0.25) is 0 Å². The molecule has 0 aliphatic heterocycles. The number of esters is 1. The van der Waals surface area contributed by atoms with E-state index in [4.69, 9.17) is 5.73 Å². The summed E-state index contributed by atoms with van der Waals surface area (Å²) in [4.78, 5) is 25.0. The fraction of sp³-hybridized carbons (Fsp3) is 0.333. The standard InChI is InChI=1S/C15H17FN2O3/c1-3-18(10-14(19)21-2)15(20)13-9-12(16)7-6-11(13)5-4-8-17/h6-7,9H,3,8,10,17H2,1-2H3. The van der Waals surface area contributed by atoms with Crippen LogP contribution in [-0.4, -0.2) is 43.5 Å². The number of ether oxygens (including phenoxy) is 1. The number of likely N-dealkylation sites (N-methyl/N-ethyl adjacent to an activating group) is 1. The van der Waals surface area contributed by atoms with E-state index < -0.39 is 17.7 Å². The SMILES string of the molecule is CCN(CC(=O)OC)C(=O)c1cc(F)ccc1C#CCN. The second-order valence-corrected chi connectivity index (χ2v) is 4.09. The molecule has 2 N–H and O–H groups in total. The zero-order valence-electron chi connectivity index (χ0n) is 12.0. The first-order valence-electron chi connectivity index (χ1n) is 6.38. The lowest BCUT2D eigenvalue weighted by molar-refractivity contribution is -0.141. The van der Waals surface area contributed by atoms with Crippen LogP contribution >= 0.6 is 0 Å². The highest BCUT2D eigenvalue weighted by Crippen LogP contribution is 2.13. The topological polar surface area (TPSA) is 72.6 Å². The van der Waals surface area contributed by atoms with Crippen molar-refractivity contribution < 1.29 is 18.7 Å². The molecule has 1 aromatic rings. The van der Waals surface area contributed by atoms with Crippen molar-refractivity contribution in [2.75, 3.05) is 26.7 Å². The van der Waals surface area contributed by atoms with E-state index in [0.29, 0.717) is 5.56 Å². The van der Waals surface area contributed by atoms with Gasteiger partial charge in [0.1, 0.15) is 12.4 Å². The molecule has 0 aliphatic carbocycles. The van der Waals surface area contributed by atoms with Gasteiger partial charge in [0.05, 0.1) is 19.2 Å². The van der Waals surface area contributed by atoms with Gasteiger partial charge in [-0.15, -0.1) is 0 Å². The molecule has 0 radical (unpaired) electrons. The quantitative estimate of drug-likeness (QED) is 0.657. The fourth-order valence-corrected chi connectivity index (χ4v) is 1.67. The van der Waals surface area contributed by atoms with Crippen LogP contribution in [0.5, 0.6) is 0 Å². The summed E-state index contributed by atoms with van der Waals surface area (Å²) in [6.45, 7) is 1.93. The van der Waals surface area contributed by atoms with Gasteiger partial charge in [-0.25, -0.2) is 4.39 Å². The number of carbonyl (C=O) groups is 2. The normalized spacial score (nSPS) is 9.52. The summed E-state index contributed by atoms with van der Waals surface area (Å²) in [5.74, 6) is 3.77. The maximum atomic E-state index is 13.4. The molecule has 6 heteroatoms. The van der Waals surface area contributed by atoms with Crippen molar-refractivity contribution in [3.05, 3.63) is 35.1 Å². The highest BCUT2D eigenvalue weighted by molar-refractivity contribution is 5.98. The van der Waals surface area contributed by atoms with E-state index in [1.54, 1.807) is 6.92 Å². The van der Waals surface area contributed by atoms with Crippen molar-refractivity contribution >= 4 is 11.9 Å². The maximum absolute atomic E-state index is 13.4. The van der Waals surface area contributed by atoms with Gasteiger partial charge in [0.15, 0.2) is 0 Å². The molecule has 0 aliphatic rings. The molecule has 0 saturated carbocycles. The molecule has 1 rings (SSSR count). The van der Waals surface area contributed by atoms with Crippen molar-refractivity contribution in [1.82, 2.24) is 4.90 Å². The number of nitrogens with two attached hydrogens (primary N) is 1. The minimum atomic E-state index is -0.550. The summed E-state index contributed by atoms with van der Waals surface area (Å²) in [5, 5.41) is 0. The van der Waals surface area contributed by atoms with Crippen molar-refractivity contribution in [3.8, 4) is 11.8 Å². The number of hydrogen-bond acceptors (Lipinski definition) is 4. The minimum Gasteiger partial charge on any atom is -0.468 e. The molecule has 21 heavy (non-hydrogen) atoms. The molecular weight excluding hydrogens is 275 g/mol. The first-order chi connectivity index (χ1) is 10.0. The number of nitrogens with zero attached hydrogens (tertiary/aromatic N) is 1. The van der Waals surface area contributed by atoms with Gasteiger partial charge >= 0.3 is 5.97 Å². The van der Waals surface area contributed by atoms with Gasteiger partial charge in [0, 0.05) is 12.1 Å². The molecule has 5 nitrogen and oxygen atoms in total. The van der Waals surface area contributed by atoms with Crippen LogP contribution in [0.25, 0.3) is 0 Å². The van der Waals surface area contributed by atoms with E-state index in [0.717, 1.165) is 6.07 Å². The molecule has 1 aromatic carbocycles. The number of methoxy groups -OCH3 is 1. The Morgan fingerprint density at radius 1 is 1.43 bits per heavy atom. The van der Waals surface area contributed by atoms with Gasteiger partial charge in [-0.2, -0.15) is 0 Å². The molecule has 0 atom stereocenters. The van der Waals surface area contributed by atoms with Crippen molar-refractivity contribution in [2.45, 2.75) is 6.92 Å². The van der Waals surface area contributed by atoms with Crippen LogP contribution in [0.1, 0.15) is 22.8 Å². The lowest BCUT2D eigenvalue weighted by atomic mass is 10.1. The van der Waals surface area contributed by atoms with Crippen LogP contribution in [-0.2, 0) is 9.53 Å². The molecule has 0 aromatic heterocycles. The molecule has 1 amide bonds. The summed E-state index contributed by atoms with van der Waals surface area (Å²) in [5.41, 5.74) is 5.77. The largest absolute Gasteiger partial charge is 0.468 e. The van der Waals surface area contributed by atoms with E-state index >= 15 is 0 Å². The molecule has 0 spiro atoms. The summed E-state index contributed by atoms with van der Waals surface area (Å²) in [6.07, 6.45) is 0. The van der Waals surface area contributed by atoms with Crippen LogP contribution in [0.3, 0.4) is 0 Å². The Labute approximate surface area is 122 Å². The number of carbonyl (C=O) groups excluding carboxylic acids is 2. The first kappa shape index (κ1) is 16.7. The molecule has 0 saturated heterocycles. The van der Waals surface area contributed by atoms with Gasteiger partial charge in [0.25, 0.3) is 5.91 Å². The van der Waals surface area contributed by atoms with E-state index in [1.807, 2.05) is 0 Å². The van der Waals surface area contributed by atoms with Crippen molar-refractivity contribution in [3.63, 3.8) is 0 Å². The third-order valence-corrected chi connectivity index (χ3v) is 2.75. The predicted octanol–water partition coefficient (Wildman–Crippen LogP) is 0.771. The van der Waals surface area contributed by atoms with E-state index in [1.165, 1.54) is 24.1 Å². The predicted molar refractivity (Wildman–Crippen MR) is 75.9 cm³/mol. The second-order valence-electron chi connectivity index (χ2n) is 4.09. The molecule has 112 valence electrons. The van der Waals surface area contributed by atoms with Crippen LogP contribution < -0.4 is 5.73 Å². The zero-order valence-corrected chi connectivity index (χ0v) is 12.0. The van der Waals surface area contributed by atoms with Gasteiger partial charge in [0.2, 0.25) is 0 Å². The third-order valence-electron chi connectivity index (χ3n) is 2.75. The Hall–Kier alpha value is -2.39. The van der Waals surface area contributed by atoms with E-state index in [9.17, 15) is 14.0 Å². The van der Waals surface area contributed by atoms with Crippen LogP contribution in [0.15, 0.2) is 18.2 Å². The number of benzene rings is 1. The smallest absolute Gasteiger partial charge is 0.325 e. The summed E-state index contributed by atoms with van der Waals surface area (Å²) < 4.78 is 17.9. The monoisotopic (exact) mass is 292 g/mol. The van der Waals surface area contributed by atoms with Crippen molar-refractivity contribution in [2.24, 2.45) is 5.73 Å². The second kappa shape index (κ2) is 8.02.